The van der Waals surface area contributed by atoms with Gasteiger partial charge in [-0.25, -0.2) is 17.2 Å². The Hall–Kier alpha value is -3.17. The molecule has 0 N–H and O–H groups in total. The van der Waals surface area contributed by atoms with Gasteiger partial charge in [0.1, 0.15) is 17.4 Å². The Morgan fingerprint density at radius 1 is 1.05 bits per heavy atom. The summed E-state index contributed by atoms with van der Waals surface area (Å²) >= 11 is 5.93. The second kappa shape index (κ2) is 12.4. The fraction of sp³-hybridized carbons (Fsp3) is 0.296. The molecule has 0 unspecified atom stereocenters. The van der Waals surface area contributed by atoms with Gasteiger partial charge in [-0.2, -0.15) is 0 Å². The van der Waals surface area contributed by atoms with Crippen LogP contribution in [0.4, 0.5) is 14.5 Å². The molecule has 0 aliphatic heterocycles. The van der Waals surface area contributed by atoms with Gasteiger partial charge in [-0.05, 0) is 55.8 Å². The molecular formula is C27H29ClF2N2O4S. The molecule has 0 saturated carbocycles. The Bertz CT molecular complexity index is 1340. The van der Waals surface area contributed by atoms with Crippen molar-refractivity contribution < 1.29 is 26.7 Å². The maximum Gasteiger partial charge on any atom is 0.264 e. The van der Waals surface area contributed by atoms with Crippen molar-refractivity contribution in [3.8, 4) is 5.75 Å². The Balaban J connectivity index is 1.98. The van der Waals surface area contributed by atoms with Crippen LogP contribution in [0.5, 0.6) is 5.75 Å². The molecule has 3 aromatic carbocycles. The molecule has 198 valence electrons. The predicted molar refractivity (Wildman–Crippen MR) is 140 cm³/mol. The van der Waals surface area contributed by atoms with Crippen molar-refractivity contribution in [2.45, 2.75) is 37.6 Å². The smallest absolute Gasteiger partial charge is 0.264 e. The van der Waals surface area contributed by atoms with Crippen molar-refractivity contribution in [3.05, 3.63) is 89.0 Å². The van der Waals surface area contributed by atoms with Gasteiger partial charge >= 0.3 is 0 Å². The van der Waals surface area contributed by atoms with Crippen LogP contribution in [0.25, 0.3) is 0 Å². The highest BCUT2D eigenvalue weighted by Crippen LogP contribution is 2.38. The van der Waals surface area contributed by atoms with Crippen LogP contribution in [0, 0.1) is 11.6 Å². The van der Waals surface area contributed by atoms with E-state index in [0.29, 0.717) is 35.7 Å². The Labute approximate surface area is 221 Å². The van der Waals surface area contributed by atoms with Gasteiger partial charge in [-0.1, -0.05) is 36.7 Å². The molecular weight excluding hydrogens is 522 g/mol. The van der Waals surface area contributed by atoms with Crippen molar-refractivity contribution in [3.63, 3.8) is 0 Å². The number of benzene rings is 3. The molecule has 0 saturated heterocycles. The molecule has 37 heavy (non-hydrogen) atoms. The van der Waals surface area contributed by atoms with Crippen LogP contribution in [0.1, 0.15) is 38.3 Å². The van der Waals surface area contributed by atoms with Gasteiger partial charge in [0.25, 0.3) is 10.0 Å². The molecule has 0 aliphatic carbocycles. The molecule has 0 aromatic heterocycles. The van der Waals surface area contributed by atoms with Crippen LogP contribution in [0.2, 0.25) is 5.02 Å². The van der Waals surface area contributed by atoms with Crippen molar-refractivity contribution >= 4 is 33.2 Å². The zero-order valence-electron chi connectivity index (χ0n) is 20.8. The summed E-state index contributed by atoms with van der Waals surface area (Å²) in [5, 5.41) is 0.334. The number of halogens is 3. The number of carbonyl (C=O) groups excluding carboxylic acids is 1. The average Bonchev–Trinajstić information content (AvgIpc) is 2.88. The number of amides is 1. The average molecular weight is 551 g/mol. The first-order valence-corrected chi connectivity index (χ1v) is 13.6. The zero-order valence-corrected chi connectivity index (χ0v) is 22.4. The van der Waals surface area contributed by atoms with Crippen LogP contribution >= 0.6 is 11.6 Å². The summed E-state index contributed by atoms with van der Waals surface area (Å²) in [4.78, 5) is 13.3. The molecule has 0 bridgehead atoms. The molecule has 3 aromatic rings. The third-order valence-electron chi connectivity index (χ3n) is 5.86. The Kier molecular flexibility index (Phi) is 9.50. The van der Waals surface area contributed by atoms with E-state index in [-0.39, 0.29) is 17.4 Å². The van der Waals surface area contributed by atoms with E-state index in [0.717, 1.165) is 22.5 Å². The summed E-state index contributed by atoms with van der Waals surface area (Å²) < 4.78 is 63.5. The van der Waals surface area contributed by atoms with Gasteiger partial charge in [0.15, 0.2) is 0 Å². The van der Waals surface area contributed by atoms with Gasteiger partial charge in [0.05, 0.1) is 23.2 Å². The van der Waals surface area contributed by atoms with Gasteiger partial charge in [-0.15, -0.1) is 0 Å². The first-order chi connectivity index (χ1) is 17.6. The number of ether oxygens (including phenoxy) is 1. The summed E-state index contributed by atoms with van der Waals surface area (Å²) in [7, 11) is -2.64. The highest BCUT2D eigenvalue weighted by molar-refractivity contribution is 7.92. The highest BCUT2D eigenvalue weighted by Gasteiger charge is 2.34. The minimum atomic E-state index is -4.35. The van der Waals surface area contributed by atoms with Crippen LogP contribution in [0.15, 0.2) is 71.6 Å². The van der Waals surface area contributed by atoms with Gasteiger partial charge < -0.3 is 9.64 Å². The molecule has 0 aliphatic rings. The number of rotatable bonds is 11. The Morgan fingerprint density at radius 2 is 1.73 bits per heavy atom. The zero-order chi connectivity index (χ0) is 27.2. The number of anilines is 1. The van der Waals surface area contributed by atoms with Crippen molar-refractivity contribution in [2.24, 2.45) is 0 Å². The molecule has 1 amide bonds. The molecule has 0 radical (unpaired) electrons. The Morgan fingerprint density at radius 3 is 2.41 bits per heavy atom. The predicted octanol–water partition coefficient (Wildman–Crippen LogP) is 6.21. The lowest BCUT2D eigenvalue weighted by Gasteiger charge is -2.32. The summed E-state index contributed by atoms with van der Waals surface area (Å²) in [5.74, 6) is -1.26. The number of sulfonamides is 1. The third kappa shape index (κ3) is 6.78. The standard InChI is InChI=1S/C27H29ClF2N2O4S/c1-4-27(33)31(3)16-7-17-36-26-9-6-5-8-23(26)19(2)32(25-18-21(29)12-15-24(25)30)37(34,35)22-13-10-20(28)11-14-22/h5-6,8-15,18-19H,4,7,16-17H2,1-3H3/t19-/m1/s1. The van der Waals surface area contributed by atoms with E-state index in [2.05, 4.69) is 0 Å². The number of carbonyl (C=O) groups is 1. The normalized spacial score (nSPS) is 12.2. The maximum absolute atomic E-state index is 15.0. The number of para-hydroxylation sites is 1. The van der Waals surface area contributed by atoms with Crippen molar-refractivity contribution in [1.82, 2.24) is 4.90 Å². The molecule has 0 spiro atoms. The van der Waals surface area contributed by atoms with E-state index in [4.69, 9.17) is 16.3 Å². The second-order valence-electron chi connectivity index (χ2n) is 8.44. The maximum atomic E-state index is 15.0. The summed E-state index contributed by atoms with van der Waals surface area (Å²) in [5.41, 5.74) is 0.0265. The van der Waals surface area contributed by atoms with Crippen LogP contribution in [-0.4, -0.2) is 39.4 Å². The SMILES string of the molecule is CCC(=O)N(C)CCCOc1ccccc1[C@@H](C)N(c1cc(F)ccc1F)S(=O)(=O)c1ccc(Cl)cc1. The van der Waals surface area contributed by atoms with E-state index in [1.165, 1.54) is 24.3 Å². The molecule has 3 rings (SSSR count). The van der Waals surface area contributed by atoms with Gasteiger partial charge in [0, 0.05) is 36.7 Å². The van der Waals surface area contributed by atoms with E-state index < -0.39 is 33.4 Å². The summed E-state index contributed by atoms with van der Waals surface area (Å²) in [6.45, 7) is 4.13. The van der Waals surface area contributed by atoms with E-state index >= 15 is 0 Å². The summed E-state index contributed by atoms with van der Waals surface area (Å²) in [6, 6.07) is 13.9. The lowest BCUT2D eigenvalue weighted by molar-refractivity contribution is -0.129. The van der Waals surface area contributed by atoms with Crippen LogP contribution in [-0.2, 0) is 14.8 Å². The number of hydrogen-bond donors (Lipinski definition) is 0. The van der Waals surface area contributed by atoms with Gasteiger partial charge in [0.2, 0.25) is 5.91 Å². The monoisotopic (exact) mass is 550 g/mol. The minimum Gasteiger partial charge on any atom is -0.493 e. The van der Waals surface area contributed by atoms with E-state index in [9.17, 15) is 22.0 Å². The van der Waals surface area contributed by atoms with E-state index in [1.807, 2.05) is 0 Å². The molecule has 6 nitrogen and oxygen atoms in total. The summed E-state index contributed by atoms with van der Waals surface area (Å²) in [6.07, 6.45) is 0.961. The molecule has 10 heteroatoms. The topological polar surface area (TPSA) is 66.9 Å². The first kappa shape index (κ1) is 28.4. The fourth-order valence-corrected chi connectivity index (χ4v) is 5.64. The molecule has 0 fully saturated rings. The lowest BCUT2D eigenvalue weighted by Crippen LogP contribution is -2.34. The van der Waals surface area contributed by atoms with Crippen molar-refractivity contribution in [2.75, 3.05) is 24.5 Å². The fourth-order valence-electron chi connectivity index (χ4n) is 3.88. The van der Waals surface area contributed by atoms with E-state index in [1.54, 1.807) is 50.1 Å². The lowest BCUT2D eigenvalue weighted by atomic mass is 10.1. The van der Waals surface area contributed by atoms with Gasteiger partial charge in [-0.3, -0.25) is 9.10 Å². The molecule has 0 heterocycles. The largest absolute Gasteiger partial charge is 0.493 e. The highest BCUT2D eigenvalue weighted by atomic mass is 35.5. The van der Waals surface area contributed by atoms with Crippen LogP contribution in [0.3, 0.4) is 0 Å². The quantitative estimate of drug-likeness (QED) is 0.266. The minimum absolute atomic E-state index is 0.0224. The number of nitrogens with zero attached hydrogens (tertiary/aromatic N) is 2. The van der Waals surface area contributed by atoms with Crippen molar-refractivity contribution in [1.29, 1.82) is 0 Å². The number of hydrogen-bond acceptors (Lipinski definition) is 4. The second-order valence-corrected chi connectivity index (χ2v) is 10.7. The third-order valence-corrected chi connectivity index (χ3v) is 8.01. The van der Waals surface area contributed by atoms with Crippen LogP contribution < -0.4 is 9.04 Å². The first-order valence-electron chi connectivity index (χ1n) is 11.8. The molecule has 1 atom stereocenters.